The number of anilines is 2. The van der Waals surface area contributed by atoms with Crippen molar-refractivity contribution in [2.75, 3.05) is 10.6 Å². The fourth-order valence-corrected chi connectivity index (χ4v) is 2.11. The van der Waals surface area contributed by atoms with E-state index < -0.39 is 22.9 Å². The number of rotatable bonds is 5. The van der Waals surface area contributed by atoms with Crippen LogP contribution >= 0.6 is 0 Å². The Hall–Kier alpha value is -2.64. The van der Waals surface area contributed by atoms with Gasteiger partial charge in [-0.25, -0.2) is 0 Å². The largest absolute Gasteiger partial charge is 0.481 e. The van der Waals surface area contributed by atoms with E-state index in [1.807, 2.05) is 0 Å². The Kier molecular flexibility index (Phi) is 3.79. The number of nitro benzene ring substituents is 1. The van der Waals surface area contributed by atoms with Gasteiger partial charge in [0.1, 0.15) is 5.69 Å². The summed E-state index contributed by atoms with van der Waals surface area (Å²) in [6.45, 7) is 3.15. The lowest BCUT2D eigenvalue weighted by Crippen LogP contribution is -2.30. The van der Waals surface area contributed by atoms with Crippen LogP contribution in [0, 0.1) is 16.0 Å². The highest BCUT2D eigenvalue weighted by Gasteiger charge is 2.27. The molecule has 0 spiro atoms. The van der Waals surface area contributed by atoms with E-state index in [1.165, 1.54) is 19.1 Å². The zero-order valence-corrected chi connectivity index (χ0v) is 11.5. The lowest BCUT2D eigenvalue weighted by molar-refractivity contribution is -0.384. The second kappa shape index (κ2) is 5.39. The third kappa shape index (κ3) is 2.93. The first kappa shape index (κ1) is 14.8. The second-order valence-electron chi connectivity index (χ2n) is 5.07. The normalized spacial score (nSPS) is 15.8. The smallest absolute Gasteiger partial charge is 0.308 e. The van der Waals surface area contributed by atoms with Crippen molar-refractivity contribution in [2.24, 2.45) is 5.92 Å². The molecular weight excluding hydrogens is 278 g/mol. The molecule has 0 saturated carbocycles. The molecule has 1 heterocycles. The van der Waals surface area contributed by atoms with Gasteiger partial charge in [0, 0.05) is 17.8 Å². The van der Waals surface area contributed by atoms with Gasteiger partial charge in [-0.15, -0.1) is 0 Å². The number of carbonyl (C=O) groups is 2. The van der Waals surface area contributed by atoms with Gasteiger partial charge < -0.3 is 15.7 Å². The Balaban J connectivity index is 2.34. The van der Waals surface area contributed by atoms with Gasteiger partial charge >= 0.3 is 5.97 Å². The number of nitrogens with zero attached hydrogens (tertiary/aromatic N) is 1. The summed E-state index contributed by atoms with van der Waals surface area (Å²) in [7, 11) is 0. The molecule has 3 N–H and O–H groups in total. The van der Waals surface area contributed by atoms with E-state index in [4.69, 9.17) is 5.11 Å². The third-order valence-corrected chi connectivity index (χ3v) is 3.57. The molecule has 0 aromatic heterocycles. The van der Waals surface area contributed by atoms with E-state index in [-0.39, 0.29) is 23.7 Å². The minimum absolute atomic E-state index is 0.109. The average Bonchev–Trinajstić information content (AvgIpc) is 2.75. The fraction of sp³-hybridized carbons (Fsp3) is 0.385. The number of fused-ring (bicyclic) bond motifs is 1. The molecule has 0 radical (unpaired) electrons. The van der Waals surface area contributed by atoms with Crippen LogP contribution in [0.15, 0.2) is 12.1 Å². The third-order valence-electron chi connectivity index (χ3n) is 3.57. The van der Waals surface area contributed by atoms with Gasteiger partial charge in [-0.1, -0.05) is 0 Å². The van der Waals surface area contributed by atoms with Gasteiger partial charge in [0.2, 0.25) is 5.91 Å². The molecule has 8 heteroatoms. The molecule has 1 amide bonds. The Morgan fingerprint density at radius 1 is 1.48 bits per heavy atom. The monoisotopic (exact) mass is 293 g/mol. The topological polar surface area (TPSA) is 122 Å². The summed E-state index contributed by atoms with van der Waals surface area (Å²) in [5.41, 5.74) is 1.11. The Bertz CT molecular complexity index is 628. The van der Waals surface area contributed by atoms with Crippen molar-refractivity contribution in [1.82, 2.24) is 0 Å². The Morgan fingerprint density at radius 3 is 2.71 bits per heavy atom. The summed E-state index contributed by atoms with van der Waals surface area (Å²) in [6.07, 6.45) is 0.109. The number of hydrogen-bond donors (Lipinski definition) is 3. The molecule has 2 rings (SSSR count). The summed E-state index contributed by atoms with van der Waals surface area (Å²) in [5.74, 6) is -1.93. The first-order chi connectivity index (χ1) is 9.79. The van der Waals surface area contributed by atoms with Crippen molar-refractivity contribution < 1.29 is 19.6 Å². The number of benzene rings is 1. The Labute approximate surface area is 120 Å². The highest BCUT2D eigenvalue weighted by molar-refractivity contribution is 6.00. The second-order valence-corrected chi connectivity index (χ2v) is 5.07. The van der Waals surface area contributed by atoms with Crippen molar-refractivity contribution >= 4 is 28.9 Å². The highest BCUT2D eigenvalue weighted by atomic mass is 16.6. The van der Waals surface area contributed by atoms with Crippen molar-refractivity contribution in [2.45, 2.75) is 26.3 Å². The van der Waals surface area contributed by atoms with Crippen molar-refractivity contribution in [3.63, 3.8) is 0 Å². The van der Waals surface area contributed by atoms with Crippen LogP contribution in [0.4, 0.5) is 17.1 Å². The number of carboxylic acid groups (broad SMARTS) is 1. The summed E-state index contributed by atoms with van der Waals surface area (Å²) in [6, 6.07) is 2.31. The first-order valence-electron chi connectivity index (χ1n) is 6.40. The van der Waals surface area contributed by atoms with Crippen LogP contribution in [0.25, 0.3) is 0 Å². The van der Waals surface area contributed by atoms with Gasteiger partial charge in [0.05, 0.1) is 17.3 Å². The van der Waals surface area contributed by atoms with Gasteiger partial charge in [0.15, 0.2) is 0 Å². The maximum Gasteiger partial charge on any atom is 0.308 e. The molecule has 1 aromatic carbocycles. The number of nitro groups is 1. The molecule has 1 aromatic rings. The molecule has 0 aliphatic carbocycles. The molecule has 8 nitrogen and oxygen atoms in total. The van der Waals surface area contributed by atoms with Gasteiger partial charge in [-0.05, 0) is 25.5 Å². The maximum absolute atomic E-state index is 11.3. The van der Waals surface area contributed by atoms with E-state index in [9.17, 15) is 19.7 Å². The standard InChI is InChI=1S/C13H15N3O5/c1-6(13(18)19)7(2)14-10-5-9-8(4-12(17)15-9)3-11(10)16(20)21/h3,5-7,14H,4H2,1-2H3,(H,15,17)(H,18,19). The molecule has 0 saturated heterocycles. The van der Waals surface area contributed by atoms with Gasteiger partial charge in [-0.3, -0.25) is 19.7 Å². The summed E-state index contributed by atoms with van der Waals surface area (Å²) in [4.78, 5) is 32.9. The van der Waals surface area contributed by atoms with E-state index >= 15 is 0 Å². The summed E-state index contributed by atoms with van der Waals surface area (Å²) < 4.78 is 0. The van der Waals surface area contributed by atoms with Crippen molar-refractivity contribution in [1.29, 1.82) is 0 Å². The van der Waals surface area contributed by atoms with Crippen LogP contribution in [-0.2, 0) is 16.0 Å². The molecule has 112 valence electrons. The minimum atomic E-state index is -0.993. The maximum atomic E-state index is 11.3. The SMILES string of the molecule is CC(Nc1cc2c(cc1[N+](=O)[O-])CC(=O)N2)C(C)C(=O)O. The molecule has 1 aliphatic heterocycles. The summed E-state index contributed by atoms with van der Waals surface area (Å²) >= 11 is 0. The number of amides is 1. The predicted molar refractivity (Wildman–Crippen MR) is 75.3 cm³/mol. The van der Waals surface area contributed by atoms with Gasteiger partial charge in [-0.2, -0.15) is 0 Å². The number of nitrogens with one attached hydrogen (secondary N) is 2. The first-order valence-corrected chi connectivity index (χ1v) is 6.40. The lowest BCUT2D eigenvalue weighted by Gasteiger charge is -2.19. The van der Waals surface area contributed by atoms with Crippen LogP contribution in [-0.4, -0.2) is 27.9 Å². The zero-order valence-electron chi connectivity index (χ0n) is 11.5. The average molecular weight is 293 g/mol. The number of aliphatic carboxylic acids is 1. The van der Waals surface area contributed by atoms with Crippen molar-refractivity contribution in [3.05, 3.63) is 27.8 Å². The van der Waals surface area contributed by atoms with E-state index in [2.05, 4.69) is 10.6 Å². The van der Waals surface area contributed by atoms with Gasteiger partial charge in [0.25, 0.3) is 5.69 Å². The predicted octanol–water partition coefficient (Wildman–Crippen LogP) is 1.61. The van der Waals surface area contributed by atoms with Crippen LogP contribution < -0.4 is 10.6 Å². The molecule has 2 unspecified atom stereocenters. The molecular formula is C13H15N3O5. The summed E-state index contributed by atoms with van der Waals surface area (Å²) in [5, 5.41) is 25.6. The van der Waals surface area contributed by atoms with Crippen LogP contribution in [0.1, 0.15) is 19.4 Å². The van der Waals surface area contributed by atoms with Crippen LogP contribution in [0.5, 0.6) is 0 Å². The van der Waals surface area contributed by atoms with Crippen LogP contribution in [0.2, 0.25) is 0 Å². The van der Waals surface area contributed by atoms with Crippen LogP contribution in [0.3, 0.4) is 0 Å². The number of carbonyl (C=O) groups excluding carboxylic acids is 1. The zero-order chi connectivity index (χ0) is 15.7. The molecule has 0 fully saturated rings. The van der Waals surface area contributed by atoms with E-state index in [1.54, 1.807) is 6.92 Å². The van der Waals surface area contributed by atoms with Crippen molar-refractivity contribution in [3.8, 4) is 0 Å². The fourth-order valence-electron chi connectivity index (χ4n) is 2.11. The highest BCUT2D eigenvalue weighted by Crippen LogP contribution is 2.35. The number of hydrogen-bond acceptors (Lipinski definition) is 5. The molecule has 0 bridgehead atoms. The Morgan fingerprint density at radius 2 is 2.14 bits per heavy atom. The minimum Gasteiger partial charge on any atom is -0.481 e. The quantitative estimate of drug-likeness (QED) is 0.560. The van der Waals surface area contributed by atoms with E-state index in [0.29, 0.717) is 11.3 Å². The number of carboxylic acids is 1. The molecule has 1 aliphatic rings. The lowest BCUT2D eigenvalue weighted by atomic mass is 10.0. The molecule has 21 heavy (non-hydrogen) atoms. The van der Waals surface area contributed by atoms with E-state index in [0.717, 1.165) is 0 Å². The molecule has 2 atom stereocenters.